The minimum Gasteiger partial charge on any atom is -0.352 e. The molecule has 6 N–H and O–H groups in total. The molecular weight excluding hydrogens is 244 g/mol. The maximum absolute atomic E-state index is 11.7. The lowest BCUT2D eigenvalue weighted by Crippen LogP contribution is -2.35. The molecule has 3 amide bonds. The van der Waals surface area contributed by atoms with Crippen LogP contribution in [0.5, 0.6) is 0 Å². The fourth-order valence-electron chi connectivity index (χ4n) is 1.57. The number of nitrogens with two attached hydrogens (primary N) is 2. The number of amides is 3. The third kappa shape index (κ3) is 5.39. The molecule has 6 heteroatoms. The zero-order valence-corrected chi connectivity index (χ0v) is 11.0. The van der Waals surface area contributed by atoms with Crippen molar-refractivity contribution in [2.75, 3.05) is 5.32 Å². The average Bonchev–Trinajstić information content (AvgIpc) is 2.38. The van der Waals surface area contributed by atoms with Gasteiger partial charge in [-0.15, -0.1) is 0 Å². The average molecular weight is 264 g/mol. The van der Waals surface area contributed by atoms with Crippen molar-refractivity contribution in [2.45, 2.75) is 32.4 Å². The van der Waals surface area contributed by atoms with E-state index >= 15 is 0 Å². The Labute approximate surface area is 112 Å². The van der Waals surface area contributed by atoms with Crippen LogP contribution in [0, 0.1) is 0 Å². The van der Waals surface area contributed by atoms with E-state index in [1.807, 2.05) is 6.92 Å². The number of benzene rings is 1. The second kappa shape index (κ2) is 7.38. The molecule has 1 rings (SSSR count). The zero-order valence-electron chi connectivity index (χ0n) is 11.0. The topological polar surface area (TPSA) is 110 Å². The summed E-state index contributed by atoms with van der Waals surface area (Å²) in [6, 6.07) is 6.07. The van der Waals surface area contributed by atoms with E-state index in [0.717, 1.165) is 12.0 Å². The first kappa shape index (κ1) is 15.0. The first-order chi connectivity index (χ1) is 9.02. The lowest BCUT2D eigenvalue weighted by Gasteiger charge is -2.11. The minimum atomic E-state index is -0.567. The van der Waals surface area contributed by atoms with Crippen LogP contribution in [0.2, 0.25) is 0 Å². The Morgan fingerprint density at radius 2 is 1.89 bits per heavy atom. The summed E-state index contributed by atoms with van der Waals surface area (Å²) in [5.74, 6) is -0.190. The highest BCUT2D eigenvalue weighted by molar-refractivity contribution is 5.94. The lowest BCUT2D eigenvalue weighted by molar-refractivity contribution is -0.117. The van der Waals surface area contributed by atoms with Crippen molar-refractivity contribution in [2.24, 2.45) is 11.5 Å². The summed E-state index contributed by atoms with van der Waals surface area (Å²) in [4.78, 5) is 22.3. The van der Waals surface area contributed by atoms with Crippen LogP contribution in [-0.4, -0.2) is 18.0 Å². The van der Waals surface area contributed by atoms with Gasteiger partial charge in [-0.2, -0.15) is 0 Å². The molecule has 0 aliphatic heterocycles. The Balaban J connectivity index is 2.52. The number of nitrogens with one attached hydrogen (secondary N) is 2. The number of urea groups is 1. The molecule has 0 spiro atoms. The Morgan fingerprint density at radius 1 is 1.26 bits per heavy atom. The van der Waals surface area contributed by atoms with E-state index < -0.39 is 12.1 Å². The fourth-order valence-corrected chi connectivity index (χ4v) is 1.57. The first-order valence-electron chi connectivity index (χ1n) is 6.21. The van der Waals surface area contributed by atoms with E-state index in [9.17, 15) is 9.59 Å². The number of carbonyl (C=O) groups excluding carboxylic acids is 2. The van der Waals surface area contributed by atoms with Crippen LogP contribution in [0.3, 0.4) is 0 Å². The van der Waals surface area contributed by atoms with Gasteiger partial charge in [0.05, 0.1) is 6.04 Å². The van der Waals surface area contributed by atoms with Gasteiger partial charge in [0.2, 0.25) is 5.91 Å². The fraction of sp³-hybridized carbons (Fsp3) is 0.385. The molecule has 0 fully saturated rings. The Morgan fingerprint density at radius 3 is 2.42 bits per heavy atom. The highest BCUT2D eigenvalue weighted by atomic mass is 16.2. The molecular formula is C13H20N4O2. The van der Waals surface area contributed by atoms with Crippen molar-refractivity contribution < 1.29 is 9.59 Å². The standard InChI is InChI=1S/C13H20N4O2/c1-2-3-11(14)12(18)17-10-6-4-9(5-7-10)8-16-13(15)19/h4-7,11H,2-3,8,14H2,1H3,(H,17,18)(H3,15,16,19). The molecule has 1 aromatic carbocycles. The van der Waals surface area contributed by atoms with Gasteiger partial charge in [0.25, 0.3) is 0 Å². The molecule has 0 saturated heterocycles. The van der Waals surface area contributed by atoms with Gasteiger partial charge in [-0.3, -0.25) is 4.79 Å². The SMILES string of the molecule is CCCC(N)C(=O)Nc1ccc(CNC(N)=O)cc1. The molecule has 19 heavy (non-hydrogen) atoms. The number of hydrogen-bond acceptors (Lipinski definition) is 3. The van der Waals surface area contributed by atoms with Crippen LogP contribution >= 0.6 is 0 Å². The minimum absolute atomic E-state index is 0.190. The number of rotatable bonds is 6. The van der Waals surface area contributed by atoms with E-state index in [1.54, 1.807) is 24.3 Å². The summed E-state index contributed by atoms with van der Waals surface area (Å²) in [7, 11) is 0. The predicted molar refractivity (Wildman–Crippen MR) is 74.4 cm³/mol. The number of carbonyl (C=O) groups is 2. The van der Waals surface area contributed by atoms with Gasteiger partial charge in [-0.1, -0.05) is 25.5 Å². The van der Waals surface area contributed by atoms with Gasteiger partial charge in [0.15, 0.2) is 0 Å². The molecule has 0 aromatic heterocycles. The van der Waals surface area contributed by atoms with Crippen molar-refractivity contribution in [1.29, 1.82) is 0 Å². The molecule has 104 valence electrons. The van der Waals surface area contributed by atoms with Crippen molar-refractivity contribution in [3.05, 3.63) is 29.8 Å². The van der Waals surface area contributed by atoms with E-state index in [0.29, 0.717) is 18.7 Å². The van der Waals surface area contributed by atoms with E-state index in [1.165, 1.54) is 0 Å². The van der Waals surface area contributed by atoms with Crippen molar-refractivity contribution in [1.82, 2.24) is 5.32 Å². The van der Waals surface area contributed by atoms with Gasteiger partial charge in [-0.25, -0.2) is 4.79 Å². The van der Waals surface area contributed by atoms with Crippen LogP contribution < -0.4 is 22.1 Å². The summed E-state index contributed by atoms with van der Waals surface area (Å²) in [5.41, 5.74) is 12.3. The molecule has 0 bridgehead atoms. The van der Waals surface area contributed by atoms with E-state index in [4.69, 9.17) is 11.5 Å². The summed E-state index contributed by atoms with van der Waals surface area (Å²) in [5, 5.41) is 5.23. The number of anilines is 1. The van der Waals surface area contributed by atoms with Crippen LogP contribution in [0.4, 0.5) is 10.5 Å². The highest BCUT2D eigenvalue weighted by Gasteiger charge is 2.11. The zero-order chi connectivity index (χ0) is 14.3. The van der Waals surface area contributed by atoms with E-state index in [2.05, 4.69) is 10.6 Å². The molecule has 1 aromatic rings. The summed E-state index contributed by atoms with van der Waals surface area (Å²) in [6.07, 6.45) is 1.53. The molecule has 1 atom stereocenters. The summed E-state index contributed by atoms with van der Waals surface area (Å²) in [6.45, 7) is 2.34. The second-order valence-corrected chi connectivity index (χ2v) is 4.30. The molecule has 0 saturated carbocycles. The van der Waals surface area contributed by atoms with Crippen molar-refractivity contribution >= 4 is 17.6 Å². The summed E-state index contributed by atoms with van der Waals surface area (Å²) < 4.78 is 0. The largest absolute Gasteiger partial charge is 0.352 e. The van der Waals surface area contributed by atoms with E-state index in [-0.39, 0.29) is 5.91 Å². The van der Waals surface area contributed by atoms with Gasteiger partial charge >= 0.3 is 6.03 Å². The maximum Gasteiger partial charge on any atom is 0.312 e. The van der Waals surface area contributed by atoms with Crippen LogP contribution in [-0.2, 0) is 11.3 Å². The van der Waals surface area contributed by atoms with Gasteiger partial charge in [-0.05, 0) is 24.1 Å². The number of primary amides is 1. The molecule has 0 aliphatic carbocycles. The summed E-state index contributed by atoms with van der Waals surface area (Å²) >= 11 is 0. The van der Waals surface area contributed by atoms with Crippen LogP contribution in [0.25, 0.3) is 0 Å². The lowest BCUT2D eigenvalue weighted by atomic mass is 10.1. The van der Waals surface area contributed by atoms with Crippen LogP contribution in [0.1, 0.15) is 25.3 Å². The predicted octanol–water partition coefficient (Wildman–Crippen LogP) is 0.921. The normalized spacial score (nSPS) is 11.7. The smallest absolute Gasteiger partial charge is 0.312 e. The van der Waals surface area contributed by atoms with Crippen LogP contribution in [0.15, 0.2) is 24.3 Å². The van der Waals surface area contributed by atoms with Gasteiger partial charge < -0.3 is 22.1 Å². The molecule has 0 aliphatic rings. The Kier molecular flexibility index (Phi) is 5.81. The maximum atomic E-state index is 11.7. The van der Waals surface area contributed by atoms with Gasteiger partial charge in [0.1, 0.15) is 0 Å². The van der Waals surface area contributed by atoms with Crippen molar-refractivity contribution in [3.63, 3.8) is 0 Å². The molecule has 0 radical (unpaired) electrons. The third-order valence-corrected chi connectivity index (χ3v) is 2.62. The Hall–Kier alpha value is -2.08. The molecule has 1 unspecified atom stereocenters. The third-order valence-electron chi connectivity index (χ3n) is 2.62. The quantitative estimate of drug-likeness (QED) is 0.613. The van der Waals surface area contributed by atoms with Gasteiger partial charge in [0, 0.05) is 12.2 Å². The molecule has 6 nitrogen and oxygen atoms in total. The number of hydrogen-bond donors (Lipinski definition) is 4. The molecule has 0 heterocycles. The van der Waals surface area contributed by atoms with Crippen molar-refractivity contribution in [3.8, 4) is 0 Å². The monoisotopic (exact) mass is 264 g/mol. The highest BCUT2D eigenvalue weighted by Crippen LogP contribution is 2.10. The first-order valence-corrected chi connectivity index (χ1v) is 6.21. The Bertz CT molecular complexity index is 431. The second-order valence-electron chi connectivity index (χ2n) is 4.30.